The second-order valence-corrected chi connectivity index (χ2v) is 7.11. The van der Waals surface area contributed by atoms with Crippen LogP contribution in [0.3, 0.4) is 0 Å². The van der Waals surface area contributed by atoms with Gasteiger partial charge in [-0.3, -0.25) is 4.79 Å². The minimum absolute atomic E-state index is 0.0244. The molecule has 5 heteroatoms. The smallest absolute Gasteiger partial charge is 0.250 e. The summed E-state index contributed by atoms with van der Waals surface area (Å²) in [6.07, 6.45) is 2.69. The maximum absolute atomic E-state index is 12.0. The van der Waals surface area contributed by atoms with Crippen LogP contribution in [0.5, 0.6) is 5.88 Å². The van der Waals surface area contributed by atoms with Crippen LogP contribution in [-0.2, 0) is 0 Å². The van der Waals surface area contributed by atoms with Crippen LogP contribution in [0.2, 0.25) is 0 Å². The molecule has 2 heterocycles. The van der Waals surface area contributed by atoms with Gasteiger partial charge in [0.1, 0.15) is 6.10 Å². The molecule has 0 bridgehead atoms. The van der Waals surface area contributed by atoms with Gasteiger partial charge < -0.3 is 15.4 Å². The van der Waals surface area contributed by atoms with Crippen molar-refractivity contribution in [1.29, 1.82) is 0 Å². The van der Waals surface area contributed by atoms with Crippen molar-refractivity contribution in [2.45, 2.75) is 19.4 Å². The maximum Gasteiger partial charge on any atom is 0.250 e. The van der Waals surface area contributed by atoms with Gasteiger partial charge in [0, 0.05) is 25.2 Å². The van der Waals surface area contributed by atoms with E-state index in [1.165, 1.54) is 0 Å². The molecule has 3 aromatic rings. The first-order valence-corrected chi connectivity index (χ1v) is 9.44. The number of benzene rings is 2. The lowest BCUT2D eigenvalue weighted by molar-refractivity contribution is 0.100. The molecule has 0 spiro atoms. The topological polar surface area (TPSA) is 68.5 Å². The molecule has 0 saturated carbocycles. The Hall–Kier alpha value is -3.34. The van der Waals surface area contributed by atoms with Crippen molar-refractivity contribution >= 4 is 11.6 Å². The van der Waals surface area contributed by atoms with E-state index in [-0.39, 0.29) is 6.10 Å². The van der Waals surface area contributed by atoms with E-state index in [4.69, 9.17) is 10.5 Å². The lowest BCUT2D eigenvalue weighted by Crippen LogP contribution is -2.27. The van der Waals surface area contributed by atoms with Crippen molar-refractivity contribution in [2.24, 2.45) is 5.73 Å². The van der Waals surface area contributed by atoms with Gasteiger partial charge in [-0.15, -0.1) is 0 Å². The van der Waals surface area contributed by atoms with Crippen LogP contribution in [0.1, 0.15) is 22.3 Å². The number of amides is 1. The zero-order chi connectivity index (χ0) is 19.5. The summed E-state index contributed by atoms with van der Waals surface area (Å²) in [6, 6.07) is 19.8. The molecule has 2 aromatic carbocycles. The Morgan fingerprint density at radius 3 is 2.64 bits per heavy atom. The maximum atomic E-state index is 12.0. The van der Waals surface area contributed by atoms with E-state index in [1.54, 1.807) is 6.20 Å². The summed E-state index contributed by atoms with van der Waals surface area (Å²) >= 11 is 0. The quantitative estimate of drug-likeness (QED) is 0.738. The third-order valence-corrected chi connectivity index (χ3v) is 5.03. The summed E-state index contributed by atoms with van der Waals surface area (Å²) in [5, 5.41) is 0. The molecule has 28 heavy (non-hydrogen) atoms. The summed E-state index contributed by atoms with van der Waals surface area (Å²) < 4.78 is 6.03. The number of hydrogen-bond donors (Lipinski definition) is 1. The number of ether oxygens (including phenoxy) is 1. The average molecular weight is 373 g/mol. The van der Waals surface area contributed by atoms with Gasteiger partial charge in [-0.05, 0) is 35.7 Å². The summed E-state index contributed by atoms with van der Waals surface area (Å²) in [7, 11) is 0. The van der Waals surface area contributed by atoms with Gasteiger partial charge in [-0.1, -0.05) is 42.5 Å². The first-order chi connectivity index (χ1) is 13.6. The van der Waals surface area contributed by atoms with E-state index in [0.717, 1.165) is 35.3 Å². The lowest BCUT2D eigenvalue weighted by Gasteiger charge is -2.22. The molecule has 1 fully saturated rings. The van der Waals surface area contributed by atoms with Crippen LogP contribution >= 0.6 is 0 Å². The Labute approximate surface area is 164 Å². The van der Waals surface area contributed by atoms with Crippen molar-refractivity contribution in [2.75, 3.05) is 18.0 Å². The van der Waals surface area contributed by atoms with E-state index < -0.39 is 5.91 Å². The van der Waals surface area contributed by atoms with Crippen molar-refractivity contribution in [3.63, 3.8) is 0 Å². The van der Waals surface area contributed by atoms with Crippen LogP contribution in [0.4, 0.5) is 5.69 Å². The molecule has 1 aliphatic rings. The average Bonchev–Trinajstić information content (AvgIpc) is 3.18. The Morgan fingerprint density at radius 2 is 1.93 bits per heavy atom. The molecule has 1 atom stereocenters. The van der Waals surface area contributed by atoms with E-state index in [0.29, 0.717) is 18.0 Å². The summed E-state index contributed by atoms with van der Waals surface area (Å²) in [5.74, 6) is 0.213. The predicted octanol–water partition coefficient (Wildman–Crippen LogP) is 3.81. The predicted molar refractivity (Wildman–Crippen MR) is 111 cm³/mol. The number of hydrogen-bond acceptors (Lipinski definition) is 4. The van der Waals surface area contributed by atoms with Crippen molar-refractivity contribution < 1.29 is 9.53 Å². The fraction of sp³-hybridized carbons (Fsp3) is 0.217. The van der Waals surface area contributed by atoms with Crippen molar-refractivity contribution in [3.8, 4) is 17.0 Å². The molecule has 0 radical (unpaired) electrons. The molecular formula is C23H23N3O2. The normalized spacial score (nSPS) is 16.2. The highest BCUT2D eigenvalue weighted by Gasteiger charge is 2.27. The van der Waals surface area contributed by atoms with Gasteiger partial charge in [0.15, 0.2) is 0 Å². The van der Waals surface area contributed by atoms with Gasteiger partial charge >= 0.3 is 0 Å². The Balaban J connectivity index is 1.57. The number of nitrogens with zero attached hydrogens (tertiary/aromatic N) is 2. The highest BCUT2D eigenvalue weighted by atomic mass is 16.5. The molecule has 2 N–H and O–H groups in total. The molecule has 1 aliphatic heterocycles. The van der Waals surface area contributed by atoms with Gasteiger partial charge in [-0.2, -0.15) is 0 Å². The number of pyridine rings is 1. The van der Waals surface area contributed by atoms with Gasteiger partial charge in [0.2, 0.25) is 5.88 Å². The van der Waals surface area contributed by atoms with Crippen molar-refractivity contribution in [1.82, 2.24) is 4.98 Å². The molecule has 142 valence electrons. The zero-order valence-corrected chi connectivity index (χ0v) is 15.8. The summed E-state index contributed by atoms with van der Waals surface area (Å²) in [6.45, 7) is 3.49. The number of nitrogens with two attached hydrogens (primary N) is 1. The van der Waals surface area contributed by atoms with Gasteiger partial charge in [-0.25, -0.2) is 4.98 Å². The third kappa shape index (κ3) is 3.83. The second-order valence-electron chi connectivity index (χ2n) is 7.11. The SMILES string of the molecule is Cc1ccc(O[C@H]2CCN(c3cc(-c4ccccc4)ccc3C(N)=O)C2)nc1. The first kappa shape index (κ1) is 18.0. The molecule has 1 aromatic heterocycles. The Bertz CT molecular complexity index is 971. The highest BCUT2D eigenvalue weighted by Crippen LogP contribution is 2.31. The van der Waals surface area contributed by atoms with Crippen LogP contribution in [0, 0.1) is 6.92 Å². The molecule has 1 saturated heterocycles. The fourth-order valence-corrected chi connectivity index (χ4v) is 3.55. The van der Waals surface area contributed by atoms with Crippen LogP contribution in [0.15, 0.2) is 66.9 Å². The molecule has 0 aliphatic carbocycles. The van der Waals surface area contributed by atoms with Crippen LogP contribution in [0.25, 0.3) is 11.1 Å². The molecule has 5 nitrogen and oxygen atoms in total. The third-order valence-electron chi connectivity index (χ3n) is 5.03. The van der Waals surface area contributed by atoms with E-state index in [2.05, 4.69) is 22.0 Å². The van der Waals surface area contributed by atoms with Crippen LogP contribution < -0.4 is 15.4 Å². The molecule has 4 rings (SSSR count). The largest absolute Gasteiger partial charge is 0.472 e. The van der Waals surface area contributed by atoms with E-state index in [9.17, 15) is 4.79 Å². The standard InChI is InChI=1S/C23H23N3O2/c1-16-7-10-22(25-14-16)28-19-11-12-26(15-19)21-13-18(8-9-20(21)23(24)27)17-5-3-2-4-6-17/h2-10,13-14,19H,11-12,15H2,1H3,(H2,24,27)/t19-/m0/s1. The minimum atomic E-state index is -0.417. The van der Waals surface area contributed by atoms with Crippen LogP contribution in [-0.4, -0.2) is 30.1 Å². The summed E-state index contributed by atoms with van der Waals surface area (Å²) in [5.41, 5.74) is 10.3. The second kappa shape index (κ2) is 7.72. The number of anilines is 1. The van der Waals surface area contributed by atoms with Crippen molar-refractivity contribution in [3.05, 3.63) is 78.0 Å². The van der Waals surface area contributed by atoms with E-state index >= 15 is 0 Å². The lowest BCUT2D eigenvalue weighted by atomic mass is 10.0. The number of carbonyl (C=O) groups excluding carboxylic acids is 1. The number of rotatable bonds is 5. The number of carbonyl (C=O) groups is 1. The Kier molecular flexibility index (Phi) is 4.98. The number of aromatic nitrogens is 1. The first-order valence-electron chi connectivity index (χ1n) is 9.44. The monoisotopic (exact) mass is 373 g/mol. The highest BCUT2D eigenvalue weighted by molar-refractivity contribution is 5.99. The minimum Gasteiger partial charge on any atom is -0.472 e. The summed E-state index contributed by atoms with van der Waals surface area (Å²) in [4.78, 5) is 18.5. The number of primary amides is 1. The molecule has 0 unspecified atom stereocenters. The molecule has 1 amide bonds. The van der Waals surface area contributed by atoms with E-state index in [1.807, 2.05) is 55.5 Å². The van der Waals surface area contributed by atoms with Gasteiger partial charge in [0.25, 0.3) is 5.91 Å². The molecular weight excluding hydrogens is 350 g/mol. The zero-order valence-electron chi connectivity index (χ0n) is 15.8. The Morgan fingerprint density at radius 1 is 1.11 bits per heavy atom. The van der Waals surface area contributed by atoms with Gasteiger partial charge in [0.05, 0.1) is 17.8 Å². The fourth-order valence-electron chi connectivity index (χ4n) is 3.55. The number of aryl methyl sites for hydroxylation is 1.